The van der Waals surface area contributed by atoms with E-state index in [2.05, 4.69) is 4.74 Å². The number of alkyl halides is 7. The molecule has 138 valence electrons. The Hall–Kier alpha value is -1.88. The van der Waals surface area contributed by atoms with Gasteiger partial charge in [0.1, 0.15) is 6.04 Å². The average Bonchev–Trinajstić information content (AvgIpc) is 2.84. The zero-order valence-corrected chi connectivity index (χ0v) is 12.1. The van der Waals surface area contributed by atoms with Crippen molar-refractivity contribution in [3.05, 3.63) is 0 Å². The van der Waals surface area contributed by atoms with Crippen molar-refractivity contribution in [3.8, 4) is 0 Å². The van der Waals surface area contributed by atoms with Gasteiger partial charge in [0, 0.05) is 6.42 Å². The van der Waals surface area contributed by atoms with E-state index in [9.17, 15) is 45.1 Å². The third kappa shape index (κ3) is 3.31. The van der Waals surface area contributed by atoms with Crippen LogP contribution in [0.5, 0.6) is 0 Å². The van der Waals surface area contributed by atoms with Crippen LogP contribution in [0.25, 0.3) is 0 Å². The van der Waals surface area contributed by atoms with Crippen molar-refractivity contribution in [3.63, 3.8) is 0 Å². The fourth-order valence-electron chi connectivity index (χ4n) is 1.92. The van der Waals surface area contributed by atoms with Gasteiger partial charge in [-0.1, -0.05) is 6.92 Å². The van der Waals surface area contributed by atoms with Crippen LogP contribution in [0.2, 0.25) is 0 Å². The minimum atomic E-state index is -6.73. The van der Waals surface area contributed by atoms with Gasteiger partial charge >= 0.3 is 29.9 Å². The van der Waals surface area contributed by atoms with Gasteiger partial charge in [-0.05, 0) is 12.8 Å². The van der Waals surface area contributed by atoms with Crippen LogP contribution in [0.1, 0.15) is 26.2 Å². The highest BCUT2D eigenvalue weighted by atomic mass is 19.4. The van der Waals surface area contributed by atoms with E-state index >= 15 is 0 Å². The zero-order chi connectivity index (χ0) is 18.9. The highest BCUT2D eigenvalue weighted by Gasteiger charge is 2.77. The molecule has 0 unspecified atom stereocenters. The van der Waals surface area contributed by atoms with Gasteiger partial charge in [0.15, 0.2) is 0 Å². The molecule has 0 aromatic carbocycles. The number of ether oxygens (including phenoxy) is 1. The molecule has 0 aromatic rings. The summed E-state index contributed by atoms with van der Waals surface area (Å²) in [6.07, 6.45) is -7.60. The SMILES string of the molecule is CCCOC(=O)[C@@H]1CCC(=O)N1C(=O)C(F)(F)C(F)(F)C(F)(F)F. The summed E-state index contributed by atoms with van der Waals surface area (Å²) >= 11 is 0. The van der Waals surface area contributed by atoms with Gasteiger partial charge in [0.05, 0.1) is 6.61 Å². The van der Waals surface area contributed by atoms with Gasteiger partial charge in [0.2, 0.25) is 5.91 Å². The smallest absolute Gasteiger partial charge is 0.460 e. The standard InChI is InChI=1S/C12H12F7NO4/c1-2-5-24-8(22)6-3-4-7(21)20(6)9(23)10(13,14)11(15,16)12(17,18)19/h6H,2-5H2,1H3/t6-/m0/s1. The van der Waals surface area contributed by atoms with Crippen molar-refractivity contribution in [1.29, 1.82) is 0 Å². The predicted octanol–water partition coefficient (Wildman–Crippen LogP) is 2.29. The molecule has 1 heterocycles. The normalized spacial score (nSPS) is 19.6. The topological polar surface area (TPSA) is 63.7 Å². The highest BCUT2D eigenvalue weighted by molar-refractivity contribution is 6.04. The molecule has 0 aliphatic carbocycles. The monoisotopic (exact) mass is 367 g/mol. The molecule has 24 heavy (non-hydrogen) atoms. The van der Waals surface area contributed by atoms with Crippen LogP contribution in [-0.4, -0.2) is 53.4 Å². The van der Waals surface area contributed by atoms with Crippen molar-refractivity contribution in [2.24, 2.45) is 0 Å². The molecule has 1 saturated heterocycles. The molecule has 0 bridgehead atoms. The van der Waals surface area contributed by atoms with Crippen LogP contribution in [0.15, 0.2) is 0 Å². The lowest BCUT2D eigenvalue weighted by Gasteiger charge is -2.31. The number of amides is 2. The Labute approximate surface area is 130 Å². The first-order valence-corrected chi connectivity index (χ1v) is 6.64. The first-order chi connectivity index (χ1) is 10.8. The number of carbonyl (C=O) groups excluding carboxylic acids is 3. The number of halogens is 7. The third-order valence-corrected chi connectivity index (χ3v) is 3.17. The number of hydrogen-bond acceptors (Lipinski definition) is 4. The second-order valence-electron chi connectivity index (χ2n) is 4.94. The molecule has 1 rings (SSSR count). The summed E-state index contributed by atoms with van der Waals surface area (Å²) in [7, 11) is 0. The number of hydrogen-bond donors (Lipinski definition) is 0. The van der Waals surface area contributed by atoms with E-state index in [-0.39, 0.29) is 6.61 Å². The fraction of sp³-hybridized carbons (Fsp3) is 0.750. The van der Waals surface area contributed by atoms with Crippen molar-refractivity contribution in [1.82, 2.24) is 4.90 Å². The Morgan fingerprint density at radius 3 is 2.17 bits per heavy atom. The summed E-state index contributed by atoms with van der Waals surface area (Å²) in [5.41, 5.74) is 0. The second-order valence-corrected chi connectivity index (χ2v) is 4.94. The van der Waals surface area contributed by atoms with E-state index < -0.39 is 59.6 Å². The largest absolute Gasteiger partial charge is 0.464 e. The molecule has 12 heteroatoms. The Bertz CT molecular complexity index is 532. The highest BCUT2D eigenvalue weighted by Crippen LogP contribution is 2.47. The number of carbonyl (C=O) groups is 3. The third-order valence-electron chi connectivity index (χ3n) is 3.17. The lowest BCUT2D eigenvalue weighted by Crippen LogP contribution is -2.62. The van der Waals surface area contributed by atoms with Crippen LogP contribution in [0, 0.1) is 0 Å². The van der Waals surface area contributed by atoms with Gasteiger partial charge in [-0.3, -0.25) is 14.5 Å². The van der Waals surface area contributed by atoms with Gasteiger partial charge < -0.3 is 4.74 Å². The minimum absolute atomic E-state index is 0.208. The molecule has 0 saturated carbocycles. The first-order valence-electron chi connectivity index (χ1n) is 6.64. The number of esters is 1. The molecule has 1 fully saturated rings. The summed E-state index contributed by atoms with van der Waals surface area (Å²) in [5, 5.41) is 0. The Kier molecular flexibility index (Phi) is 5.51. The van der Waals surface area contributed by atoms with Crippen molar-refractivity contribution in [2.45, 2.75) is 50.2 Å². The van der Waals surface area contributed by atoms with Crippen molar-refractivity contribution >= 4 is 17.8 Å². The zero-order valence-electron chi connectivity index (χ0n) is 12.1. The van der Waals surface area contributed by atoms with Gasteiger partial charge in [-0.2, -0.15) is 30.7 Å². The summed E-state index contributed by atoms with van der Waals surface area (Å²) in [5.74, 6) is -18.9. The molecule has 1 atom stereocenters. The van der Waals surface area contributed by atoms with Crippen molar-refractivity contribution in [2.75, 3.05) is 6.61 Å². The van der Waals surface area contributed by atoms with E-state index in [1.54, 1.807) is 6.92 Å². The summed E-state index contributed by atoms with van der Waals surface area (Å²) < 4.78 is 93.6. The molecule has 0 aromatic heterocycles. The number of nitrogens with zero attached hydrogens (tertiary/aromatic N) is 1. The summed E-state index contributed by atoms with van der Waals surface area (Å²) in [4.78, 5) is 34.0. The van der Waals surface area contributed by atoms with Crippen LogP contribution in [0.4, 0.5) is 30.7 Å². The average molecular weight is 367 g/mol. The Morgan fingerprint density at radius 1 is 1.17 bits per heavy atom. The predicted molar refractivity (Wildman–Crippen MR) is 62.1 cm³/mol. The molecular formula is C12H12F7NO4. The minimum Gasteiger partial charge on any atom is -0.464 e. The second kappa shape index (κ2) is 6.55. The number of imide groups is 1. The van der Waals surface area contributed by atoms with Gasteiger partial charge in [-0.25, -0.2) is 4.79 Å². The lowest BCUT2D eigenvalue weighted by atomic mass is 10.1. The molecule has 0 N–H and O–H groups in total. The van der Waals surface area contributed by atoms with Crippen LogP contribution in [0.3, 0.4) is 0 Å². The summed E-state index contributed by atoms with van der Waals surface area (Å²) in [6, 6.07) is -1.97. The van der Waals surface area contributed by atoms with Crippen molar-refractivity contribution < 1.29 is 49.9 Å². The lowest BCUT2D eigenvalue weighted by molar-refractivity contribution is -0.345. The molecular weight excluding hydrogens is 355 g/mol. The number of likely N-dealkylation sites (tertiary alicyclic amines) is 1. The fourth-order valence-corrected chi connectivity index (χ4v) is 1.92. The molecule has 1 aliphatic heterocycles. The molecule has 1 aliphatic rings. The maximum atomic E-state index is 13.4. The van der Waals surface area contributed by atoms with Crippen LogP contribution >= 0.6 is 0 Å². The van der Waals surface area contributed by atoms with E-state index in [1.165, 1.54) is 0 Å². The Morgan fingerprint density at radius 2 is 1.71 bits per heavy atom. The van der Waals surface area contributed by atoms with E-state index in [0.29, 0.717) is 6.42 Å². The molecule has 2 amide bonds. The van der Waals surface area contributed by atoms with Gasteiger partial charge in [0.25, 0.3) is 0 Å². The number of rotatable bonds is 5. The van der Waals surface area contributed by atoms with E-state index in [1.807, 2.05) is 0 Å². The Balaban J connectivity index is 3.14. The van der Waals surface area contributed by atoms with E-state index in [0.717, 1.165) is 0 Å². The quantitative estimate of drug-likeness (QED) is 0.553. The molecule has 0 spiro atoms. The van der Waals surface area contributed by atoms with Gasteiger partial charge in [-0.15, -0.1) is 0 Å². The van der Waals surface area contributed by atoms with E-state index in [4.69, 9.17) is 0 Å². The van der Waals surface area contributed by atoms with Crippen LogP contribution in [-0.2, 0) is 19.1 Å². The summed E-state index contributed by atoms with van der Waals surface area (Å²) in [6.45, 7) is 1.36. The van der Waals surface area contributed by atoms with Crippen LogP contribution < -0.4 is 0 Å². The maximum absolute atomic E-state index is 13.4. The molecule has 5 nitrogen and oxygen atoms in total. The molecule has 0 radical (unpaired) electrons. The maximum Gasteiger partial charge on any atom is 0.460 e. The first kappa shape index (κ1) is 20.2.